The molecule has 180 valence electrons. The number of hydrogen-bond acceptors (Lipinski definition) is 5. The zero-order valence-electron chi connectivity index (χ0n) is 20.2. The van der Waals surface area contributed by atoms with E-state index in [4.69, 9.17) is 14.3 Å². The van der Waals surface area contributed by atoms with Gasteiger partial charge in [-0.05, 0) is 68.0 Å². The van der Waals surface area contributed by atoms with Crippen LogP contribution in [0.4, 0.5) is 0 Å². The van der Waals surface area contributed by atoms with Crippen LogP contribution in [0.15, 0.2) is 59.9 Å². The van der Waals surface area contributed by atoms with Gasteiger partial charge in [-0.15, -0.1) is 0 Å². The number of ether oxygens (including phenoxy) is 2. The van der Waals surface area contributed by atoms with Gasteiger partial charge in [-0.3, -0.25) is 0 Å². The van der Waals surface area contributed by atoms with Gasteiger partial charge < -0.3 is 18.9 Å². The van der Waals surface area contributed by atoms with E-state index in [1.54, 1.807) is 6.92 Å². The van der Waals surface area contributed by atoms with Crippen molar-refractivity contribution in [2.24, 2.45) is 11.1 Å². The number of carbonyl (C=O) groups is 1. The number of nitrogens with zero attached hydrogens (tertiary/aromatic N) is 2. The summed E-state index contributed by atoms with van der Waals surface area (Å²) in [5.41, 5.74) is 4.23. The zero-order valence-corrected chi connectivity index (χ0v) is 20.2. The molecule has 1 fully saturated rings. The first-order chi connectivity index (χ1) is 16.7. The van der Waals surface area contributed by atoms with Crippen molar-refractivity contribution in [2.75, 3.05) is 19.8 Å². The van der Waals surface area contributed by atoms with Gasteiger partial charge in [0.1, 0.15) is 12.4 Å². The average molecular weight is 463 g/mol. The maximum atomic E-state index is 11.6. The molecule has 0 atom stereocenters. The second-order valence-corrected chi connectivity index (χ2v) is 8.79. The maximum Gasteiger partial charge on any atom is 0.344 e. The number of benzene rings is 2. The van der Waals surface area contributed by atoms with Crippen LogP contribution in [0.2, 0.25) is 0 Å². The van der Waals surface area contributed by atoms with Gasteiger partial charge in [-0.25, -0.2) is 4.79 Å². The van der Waals surface area contributed by atoms with Crippen LogP contribution in [-0.2, 0) is 20.9 Å². The molecule has 1 aromatic heterocycles. The number of para-hydroxylation sites is 1. The topological polar surface area (TPSA) is 62.1 Å². The van der Waals surface area contributed by atoms with Crippen molar-refractivity contribution in [3.05, 3.63) is 65.9 Å². The van der Waals surface area contributed by atoms with Gasteiger partial charge >= 0.3 is 5.97 Å². The number of esters is 1. The summed E-state index contributed by atoms with van der Waals surface area (Å²) < 4.78 is 12.8. The van der Waals surface area contributed by atoms with E-state index in [1.807, 2.05) is 19.1 Å². The van der Waals surface area contributed by atoms with E-state index in [0.717, 1.165) is 36.2 Å². The summed E-state index contributed by atoms with van der Waals surface area (Å²) in [5, 5.41) is 5.89. The van der Waals surface area contributed by atoms with Gasteiger partial charge in [0.05, 0.1) is 18.9 Å². The molecule has 0 amide bonds. The fourth-order valence-electron chi connectivity index (χ4n) is 4.64. The first-order valence-electron chi connectivity index (χ1n) is 12.3. The van der Waals surface area contributed by atoms with Crippen LogP contribution < -0.4 is 4.74 Å². The Morgan fingerprint density at radius 3 is 2.71 bits per heavy atom. The first-order valence-corrected chi connectivity index (χ1v) is 12.3. The molecule has 0 N–H and O–H groups in total. The lowest BCUT2D eigenvalue weighted by Gasteiger charge is -2.23. The van der Waals surface area contributed by atoms with Crippen LogP contribution in [-0.4, -0.2) is 36.1 Å². The number of carbonyl (C=O) groups excluding carboxylic acids is 1. The van der Waals surface area contributed by atoms with Crippen molar-refractivity contribution in [1.82, 2.24) is 4.57 Å². The lowest BCUT2D eigenvalue weighted by Crippen LogP contribution is -2.20. The highest BCUT2D eigenvalue weighted by atomic mass is 16.6. The second kappa shape index (κ2) is 11.7. The molecule has 1 aliphatic rings. The first kappa shape index (κ1) is 23.9. The maximum absolute atomic E-state index is 11.6. The number of hydrogen-bond donors (Lipinski definition) is 0. The van der Waals surface area contributed by atoms with Gasteiger partial charge in [-0.2, -0.15) is 0 Å². The molecule has 6 heteroatoms. The third-order valence-corrected chi connectivity index (χ3v) is 6.38. The fourth-order valence-corrected chi connectivity index (χ4v) is 4.64. The molecule has 6 nitrogen and oxygen atoms in total. The minimum Gasteiger partial charge on any atom is -0.482 e. The van der Waals surface area contributed by atoms with Crippen LogP contribution in [0.1, 0.15) is 50.2 Å². The molecule has 34 heavy (non-hydrogen) atoms. The number of rotatable bonds is 10. The lowest BCUT2D eigenvalue weighted by molar-refractivity contribution is -0.145. The van der Waals surface area contributed by atoms with Gasteiger partial charge in [-0.1, -0.05) is 42.6 Å². The van der Waals surface area contributed by atoms with E-state index >= 15 is 0 Å². The second-order valence-electron chi connectivity index (χ2n) is 8.79. The van der Waals surface area contributed by atoms with Crippen LogP contribution >= 0.6 is 0 Å². The third kappa shape index (κ3) is 5.99. The highest BCUT2D eigenvalue weighted by molar-refractivity contribution is 6.02. The molecule has 3 aromatic rings. The summed E-state index contributed by atoms with van der Waals surface area (Å²) in [6.45, 7) is 5.28. The molecular formula is C28H34N2O4. The van der Waals surface area contributed by atoms with Crippen molar-refractivity contribution in [1.29, 1.82) is 0 Å². The van der Waals surface area contributed by atoms with Crippen LogP contribution in [0.5, 0.6) is 5.75 Å². The lowest BCUT2D eigenvalue weighted by atomic mass is 9.83. The Labute approximate surface area is 201 Å². The van der Waals surface area contributed by atoms with Crippen molar-refractivity contribution in [3.63, 3.8) is 0 Å². The molecule has 0 unspecified atom stereocenters. The van der Waals surface area contributed by atoms with E-state index in [0.29, 0.717) is 24.9 Å². The van der Waals surface area contributed by atoms with Gasteiger partial charge in [0.15, 0.2) is 6.61 Å². The Morgan fingerprint density at radius 1 is 1.09 bits per heavy atom. The third-order valence-electron chi connectivity index (χ3n) is 6.38. The monoisotopic (exact) mass is 462 g/mol. The molecule has 0 radical (unpaired) electrons. The summed E-state index contributed by atoms with van der Waals surface area (Å²) in [5.74, 6) is 0.714. The number of oxime groups is 1. The molecule has 0 spiro atoms. The Hall–Kier alpha value is -3.28. The molecule has 0 saturated heterocycles. The molecule has 1 heterocycles. The summed E-state index contributed by atoms with van der Waals surface area (Å²) in [6, 6.07) is 16.5. The predicted octanol–water partition coefficient (Wildman–Crippen LogP) is 5.89. The Morgan fingerprint density at radius 2 is 1.91 bits per heavy atom. The van der Waals surface area contributed by atoms with Crippen molar-refractivity contribution in [3.8, 4) is 5.75 Å². The normalized spacial score (nSPS) is 14.8. The summed E-state index contributed by atoms with van der Waals surface area (Å²) >= 11 is 0. The molecule has 0 aliphatic heterocycles. The smallest absolute Gasteiger partial charge is 0.344 e. The van der Waals surface area contributed by atoms with Gasteiger partial charge in [0, 0.05) is 23.2 Å². The van der Waals surface area contributed by atoms with Crippen LogP contribution in [0.3, 0.4) is 0 Å². The standard InChI is InChI=1S/C28H34N2O4/c1-3-32-27(31)20-33-26-14-13-24(19-21(26)2)28(23-10-5-4-6-11-23)29-34-18-17-30-16-15-22-9-7-8-12-25(22)30/h7-9,12-16,19,23H,3-6,10-11,17-18,20H2,1-2H3/b29-28+. The predicted molar refractivity (Wildman–Crippen MR) is 134 cm³/mol. The minimum absolute atomic E-state index is 0.0885. The van der Waals surface area contributed by atoms with E-state index < -0.39 is 0 Å². The number of aromatic nitrogens is 1. The van der Waals surface area contributed by atoms with Gasteiger partial charge in [0.25, 0.3) is 0 Å². The van der Waals surface area contributed by atoms with E-state index in [9.17, 15) is 4.79 Å². The van der Waals surface area contributed by atoms with Crippen LogP contribution in [0, 0.1) is 12.8 Å². The van der Waals surface area contributed by atoms with Gasteiger partial charge in [0.2, 0.25) is 0 Å². The molecule has 1 aliphatic carbocycles. The van der Waals surface area contributed by atoms with E-state index in [1.165, 1.54) is 30.2 Å². The zero-order chi connectivity index (χ0) is 23.8. The SMILES string of the molecule is CCOC(=O)COc1ccc(/C(=N/OCCn2ccc3ccccc32)C2CCCCC2)cc1C. The van der Waals surface area contributed by atoms with Crippen molar-refractivity contribution in [2.45, 2.75) is 52.5 Å². The average Bonchev–Trinajstić information content (AvgIpc) is 3.27. The molecular weight excluding hydrogens is 428 g/mol. The highest BCUT2D eigenvalue weighted by Crippen LogP contribution is 2.29. The Kier molecular flexibility index (Phi) is 8.23. The van der Waals surface area contributed by atoms with Crippen molar-refractivity contribution >= 4 is 22.6 Å². The Balaban J connectivity index is 1.45. The summed E-state index contributed by atoms with van der Waals surface area (Å²) in [7, 11) is 0. The summed E-state index contributed by atoms with van der Waals surface area (Å²) in [6.07, 6.45) is 8.08. The van der Waals surface area contributed by atoms with Crippen molar-refractivity contribution < 1.29 is 19.1 Å². The number of aryl methyl sites for hydroxylation is 1. The molecule has 2 aromatic carbocycles. The molecule has 4 rings (SSSR count). The largest absolute Gasteiger partial charge is 0.482 e. The molecule has 1 saturated carbocycles. The number of fused-ring (bicyclic) bond motifs is 1. The van der Waals surface area contributed by atoms with E-state index in [2.05, 4.69) is 52.3 Å². The fraction of sp³-hybridized carbons (Fsp3) is 0.429. The van der Waals surface area contributed by atoms with E-state index in [-0.39, 0.29) is 12.6 Å². The van der Waals surface area contributed by atoms with Crippen LogP contribution in [0.25, 0.3) is 10.9 Å². The quantitative estimate of drug-likeness (QED) is 0.163. The molecule has 0 bridgehead atoms. The minimum atomic E-state index is -0.362. The summed E-state index contributed by atoms with van der Waals surface area (Å²) in [4.78, 5) is 17.5. The highest BCUT2D eigenvalue weighted by Gasteiger charge is 2.22. The Bertz CT molecular complexity index is 1130.